The lowest BCUT2D eigenvalue weighted by molar-refractivity contribution is -0.146. The van der Waals surface area contributed by atoms with Gasteiger partial charge in [0.05, 0.1) is 6.04 Å². The maximum absolute atomic E-state index is 12.9. The van der Waals surface area contributed by atoms with Gasteiger partial charge in [0.2, 0.25) is 11.8 Å². The van der Waals surface area contributed by atoms with Crippen LogP contribution in [-0.4, -0.2) is 41.8 Å². The summed E-state index contributed by atoms with van der Waals surface area (Å²) < 4.78 is 0. The van der Waals surface area contributed by atoms with Crippen LogP contribution < -0.4 is 0 Å². The number of carbonyl (C=O) groups excluding carboxylic acids is 2. The molecule has 114 valence electrons. The van der Waals surface area contributed by atoms with Crippen molar-refractivity contribution in [3.8, 4) is 0 Å². The molecule has 0 spiro atoms. The maximum atomic E-state index is 12.9. The summed E-state index contributed by atoms with van der Waals surface area (Å²) in [6.07, 6.45) is 3.06. The highest BCUT2D eigenvalue weighted by Gasteiger charge is 2.36. The van der Waals surface area contributed by atoms with Crippen LogP contribution in [0.25, 0.3) is 0 Å². The van der Waals surface area contributed by atoms with Crippen molar-refractivity contribution < 1.29 is 9.59 Å². The van der Waals surface area contributed by atoms with Crippen molar-refractivity contribution in [2.24, 2.45) is 5.92 Å². The third-order valence-corrected chi connectivity index (χ3v) is 5.77. The first-order valence-electron chi connectivity index (χ1n) is 7.72. The van der Waals surface area contributed by atoms with Gasteiger partial charge < -0.3 is 9.80 Å². The van der Waals surface area contributed by atoms with Crippen molar-refractivity contribution in [3.63, 3.8) is 0 Å². The summed E-state index contributed by atoms with van der Waals surface area (Å²) in [6.45, 7) is 3.63. The van der Waals surface area contributed by atoms with Gasteiger partial charge in [-0.25, -0.2) is 0 Å². The van der Waals surface area contributed by atoms with Crippen molar-refractivity contribution in [2.75, 3.05) is 20.1 Å². The maximum Gasteiger partial charge on any atom is 0.226 e. The van der Waals surface area contributed by atoms with Crippen LogP contribution in [0.1, 0.15) is 42.7 Å². The van der Waals surface area contributed by atoms with Crippen LogP contribution in [0.3, 0.4) is 0 Å². The fourth-order valence-corrected chi connectivity index (χ4v) is 4.42. The number of amides is 2. The molecule has 0 saturated carbocycles. The number of hydrogen-bond acceptors (Lipinski definition) is 3. The van der Waals surface area contributed by atoms with Crippen molar-refractivity contribution in [1.82, 2.24) is 9.80 Å². The Labute approximate surface area is 129 Å². The molecule has 0 bridgehead atoms. The van der Waals surface area contributed by atoms with Crippen LogP contribution in [0, 0.1) is 5.92 Å². The average molecular weight is 306 g/mol. The first-order chi connectivity index (χ1) is 10.1. The van der Waals surface area contributed by atoms with E-state index in [4.69, 9.17) is 0 Å². The number of hydrogen-bond donors (Lipinski definition) is 0. The predicted octanol–water partition coefficient (Wildman–Crippen LogP) is 2.45. The molecule has 4 nitrogen and oxygen atoms in total. The molecule has 0 aromatic carbocycles. The van der Waals surface area contributed by atoms with E-state index in [2.05, 4.69) is 18.4 Å². The molecule has 0 N–H and O–H groups in total. The molecule has 2 amide bonds. The van der Waals surface area contributed by atoms with Gasteiger partial charge in [-0.05, 0) is 36.3 Å². The third kappa shape index (κ3) is 2.59. The smallest absolute Gasteiger partial charge is 0.226 e. The zero-order chi connectivity index (χ0) is 15.0. The molecule has 1 aromatic rings. The Balaban J connectivity index is 1.77. The Morgan fingerprint density at radius 1 is 1.43 bits per heavy atom. The van der Waals surface area contributed by atoms with Crippen molar-refractivity contribution >= 4 is 23.2 Å². The second-order valence-corrected chi connectivity index (χ2v) is 7.01. The Morgan fingerprint density at radius 3 is 2.95 bits per heavy atom. The van der Waals surface area contributed by atoms with E-state index in [1.807, 2.05) is 11.9 Å². The van der Waals surface area contributed by atoms with Gasteiger partial charge in [0, 0.05) is 37.4 Å². The van der Waals surface area contributed by atoms with Crippen molar-refractivity contribution in [1.29, 1.82) is 0 Å². The molecule has 0 radical (unpaired) electrons. The molecule has 0 unspecified atom stereocenters. The predicted molar refractivity (Wildman–Crippen MR) is 83.1 cm³/mol. The summed E-state index contributed by atoms with van der Waals surface area (Å²) in [5.74, 6) is 0.156. The Kier molecular flexibility index (Phi) is 4.02. The van der Waals surface area contributed by atoms with E-state index in [9.17, 15) is 9.59 Å². The molecule has 21 heavy (non-hydrogen) atoms. The lowest BCUT2D eigenvalue weighted by atomic mass is 9.91. The van der Waals surface area contributed by atoms with E-state index in [0.29, 0.717) is 13.0 Å². The van der Waals surface area contributed by atoms with Crippen LogP contribution >= 0.6 is 11.3 Å². The van der Waals surface area contributed by atoms with E-state index in [-0.39, 0.29) is 23.8 Å². The number of piperidine rings is 1. The molecular formula is C16H22N2O2S. The minimum Gasteiger partial charge on any atom is -0.346 e. The van der Waals surface area contributed by atoms with Crippen molar-refractivity contribution in [3.05, 3.63) is 21.9 Å². The minimum absolute atomic E-state index is 0.0980. The molecular weight excluding hydrogens is 284 g/mol. The van der Waals surface area contributed by atoms with Crippen LogP contribution in [0.2, 0.25) is 0 Å². The van der Waals surface area contributed by atoms with Gasteiger partial charge >= 0.3 is 0 Å². The molecule has 2 aliphatic rings. The number of thiophene rings is 1. The molecule has 0 aliphatic carbocycles. The highest BCUT2D eigenvalue weighted by molar-refractivity contribution is 7.10. The zero-order valence-electron chi connectivity index (χ0n) is 12.7. The number of carbonyl (C=O) groups is 2. The fraction of sp³-hybridized carbons (Fsp3) is 0.625. The number of nitrogens with zero attached hydrogens (tertiary/aromatic N) is 2. The zero-order valence-corrected chi connectivity index (χ0v) is 13.5. The van der Waals surface area contributed by atoms with Gasteiger partial charge in [-0.15, -0.1) is 11.3 Å². The largest absolute Gasteiger partial charge is 0.346 e. The number of fused-ring (bicyclic) bond motifs is 1. The van der Waals surface area contributed by atoms with Gasteiger partial charge in [0.25, 0.3) is 0 Å². The van der Waals surface area contributed by atoms with E-state index in [0.717, 1.165) is 25.8 Å². The summed E-state index contributed by atoms with van der Waals surface area (Å²) in [4.78, 5) is 29.9. The number of rotatable bonds is 2. The highest BCUT2D eigenvalue weighted by Crippen LogP contribution is 2.36. The second kappa shape index (κ2) is 5.79. The van der Waals surface area contributed by atoms with Gasteiger partial charge in [0.15, 0.2) is 0 Å². The normalized spacial score (nSPS) is 25.9. The third-order valence-electron chi connectivity index (χ3n) is 4.77. The van der Waals surface area contributed by atoms with E-state index in [1.165, 1.54) is 10.4 Å². The SMILES string of the molecule is CC[C@@H]1c2ccsc2CCN1C(=O)[C@H]1CCN(C)C(=O)C1. The Hall–Kier alpha value is -1.36. The van der Waals surface area contributed by atoms with Crippen LogP contribution in [0.4, 0.5) is 0 Å². The molecule has 2 atom stereocenters. The quantitative estimate of drug-likeness (QED) is 0.842. The van der Waals surface area contributed by atoms with Crippen LogP contribution in [-0.2, 0) is 16.0 Å². The topological polar surface area (TPSA) is 40.6 Å². The Morgan fingerprint density at radius 2 is 2.24 bits per heavy atom. The Bertz CT molecular complexity index is 554. The summed E-state index contributed by atoms with van der Waals surface area (Å²) in [5, 5.41) is 2.13. The molecule has 1 aromatic heterocycles. The first-order valence-corrected chi connectivity index (χ1v) is 8.60. The first kappa shape index (κ1) is 14.6. The standard InChI is InChI=1S/C16H22N2O2S/c1-3-13-12-6-9-21-14(12)5-8-18(13)16(20)11-4-7-17(2)15(19)10-11/h6,9,11,13H,3-5,7-8,10H2,1-2H3/t11-,13+/m0/s1. The van der Waals surface area contributed by atoms with Crippen molar-refractivity contribution in [2.45, 2.75) is 38.6 Å². The summed E-state index contributed by atoms with van der Waals surface area (Å²) >= 11 is 1.80. The van der Waals surface area contributed by atoms with Gasteiger partial charge in [-0.3, -0.25) is 9.59 Å². The van der Waals surface area contributed by atoms with E-state index >= 15 is 0 Å². The molecule has 3 rings (SSSR count). The van der Waals surface area contributed by atoms with Gasteiger partial charge in [0.1, 0.15) is 0 Å². The monoisotopic (exact) mass is 306 g/mol. The lowest BCUT2D eigenvalue weighted by Gasteiger charge is -2.39. The minimum atomic E-state index is -0.122. The summed E-state index contributed by atoms with van der Waals surface area (Å²) in [6, 6.07) is 2.36. The van der Waals surface area contributed by atoms with Crippen LogP contribution in [0.15, 0.2) is 11.4 Å². The van der Waals surface area contributed by atoms with Crippen LogP contribution in [0.5, 0.6) is 0 Å². The fourth-order valence-electron chi connectivity index (χ4n) is 3.49. The average Bonchev–Trinajstić information content (AvgIpc) is 2.96. The highest BCUT2D eigenvalue weighted by atomic mass is 32.1. The van der Waals surface area contributed by atoms with E-state index in [1.54, 1.807) is 16.2 Å². The number of likely N-dealkylation sites (tertiary alicyclic amines) is 1. The van der Waals surface area contributed by atoms with E-state index < -0.39 is 0 Å². The lowest BCUT2D eigenvalue weighted by Crippen LogP contribution is -2.46. The molecule has 1 saturated heterocycles. The molecule has 2 aliphatic heterocycles. The second-order valence-electron chi connectivity index (χ2n) is 6.01. The summed E-state index contributed by atoms with van der Waals surface area (Å²) in [5.41, 5.74) is 1.32. The van der Waals surface area contributed by atoms with Gasteiger partial charge in [-0.2, -0.15) is 0 Å². The van der Waals surface area contributed by atoms with Gasteiger partial charge in [-0.1, -0.05) is 6.92 Å². The molecule has 3 heterocycles. The molecule has 1 fully saturated rings. The molecule has 5 heteroatoms. The summed E-state index contributed by atoms with van der Waals surface area (Å²) in [7, 11) is 1.82.